The standard InChI is InChI=1S/C29H20ClN5OS/c30-24-13-11-20(12-14-24)15-26-18-32-29(37-26)33-28(36)22(17-31)16-23-19-35(25-9-5-2-6-10-25)34-27(23)21-7-3-1-4-8-21/h1-14,16,18-19H,15H2,(H,32,33,36)/b22-16+. The summed E-state index contributed by atoms with van der Waals surface area (Å²) in [5.74, 6) is -0.527. The fourth-order valence-electron chi connectivity index (χ4n) is 3.75. The van der Waals surface area contributed by atoms with E-state index in [0.717, 1.165) is 21.7 Å². The van der Waals surface area contributed by atoms with Crippen LogP contribution in [0.15, 0.2) is 103 Å². The largest absolute Gasteiger partial charge is 0.297 e. The summed E-state index contributed by atoms with van der Waals surface area (Å²) in [5.41, 5.74) is 4.13. The number of hydrogen-bond acceptors (Lipinski definition) is 5. The molecule has 0 fully saturated rings. The molecule has 0 atom stereocenters. The summed E-state index contributed by atoms with van der Waals surface area (Å²) in [7, 11) is 0. The fourth-order valence-corrected chi connectivity index (χ4v) is 4.71. The van der Waals surface area contributed by atoms with Crippen molar-refractivity contribution < 1.29 is 4.79 Å². The predicted molar refractivity (Wildman–Crippen MR) is 148 cm³/mol. The van der Waals surface area contributed by atoms with Gasteiger partial charge < -0.3 is 0 Å². The van der Waals surface area contributed by atoms with E-state index in [1.54, 1.807) is 17.0 Å². The van der Waals surface area contributed by atoms with Crippen LogP contribution < -0.4 is 5.32 Å². The zero-order valence-corrected chi connectivity index (χ0v) is 21.1. The van der Waals surface area contributed by atoms with E-state index in [1.165, 1.54) is 11.3 Å². The van der Waals surface area contributed by atoms with Crippen molar-refractivity contribution >= 4 is 40.1 Å². The summed E-state index contributed by atoms with van der Waals surface area (Å²) in [5, 5.41) is 18.4. The Morgan fingerprint density at radius 2 is 1.73 bits per heavy atom. The minimum atomic E-state index is -0.527. The van der Waals surface area contributed by atoms with Crippen LogP contribution in [-0.4, -0.2) is 20.7 Å². The van der Waals surface area contributed by atoms with Crippen molar-refractivity contribution in [2.24, 2.45) is 0 Å². The molecule has 8 heteroatoms. The Labute approximate surface area is 223 Å². The highest BCUT2D eigenvalue weighted by Gasteiger charge is 2.16. The second-order valence-corrected chi connectivity index (χ2v) is 9.69. The van der Waals surface area contributed by atoms with Crippen LogP contribution in [0, 0.1) is 11.3 Å². The van der Waals surface area contributed by atoms with Crippen molar-refractivity contribution in [3.63, 3.8) is 0 Å². The van der Waals surface area contributed by atoms with Crippen molar-refractivity contribution in [3.05, 3.63) is 124 Å². The number of carbonyl (C=O) groups is 1. The second-order valence-electron chi connectivity index (χ2n) is 8.14. The Morgan fingerprint density at radius 3 is 2.43 bits per heavy atom. The van der Waals surface area contributed by atoms with Gasteiger partial charge in [0, 0.05) is 39.8 Å². The molecule has 0 aliphatic rings. The van der Waals surface area contributed by atoms with Gasteiger partial charge in [-0.1, -0.05) is 72.3 Å². The number of benzene rings is 3. The molecule has 0 aliphatic carbocycles. The first-order valence-corrected chi connectivity index (χ1v) is 12.6. The minimum Gasteiger partial charge on any atom is -0.297 e. The SMILES string of the molecule is N#C/C(=C\c1cn(-c2ccccc2)nc1-c1ccccc1)C(=O)Nc1ncc(Cc2ccc(Cl)cc2)s1. The van der Waals surface area contributed by atoms with E-state index in [2.05, 4.69) is 10.3 Å². The molecule has 5 aromatic rings. The van der Waals surface area contributed by atoms with E-state index in [9.17, 15) is 10.1 Å². The summed E-state index contributed by atoms with van der Waals surface area (Å²) in [6.07, 6.45) is 5.77. The van der Waals surface area contributed by atoms with E-state index >= 15 is 0 Å². The number of nitrogens with one attached hydrogen (secondary N) is 1. The van der Waals surface area contributed by atoms with E-state index in [4.69, 9.17) is 16.7 Å². The smallest absolute Gasteiger partial charge is 0.268 e. The number of amides is 1. The van der Waals surface area contributed by atoms with Gasteiger partial charge in [0.1, 0.15) is 11.6 Å². The average molecular weight is 522 g/mol. The van der Waals surface area contributed by atoms with Gasteiger partial charge in [-0.15, -0.1) is 11.3 Å². The molecule has 6 nitrogen and oxygen atoms in total. The van der Waals surface area contributed by atoms with Gasteiger partial charge in [-0.05, 0) is 35.9 Å². The second kappa shape index (κ2) is 11.0. The van der Waals surface area contributed by atoms with E-state index in [0.29, 0.717) is 27.8 Å². The molecule has 5 rings (SSSR count). The lowest BCUT2D eigenvalue weighted by Crippen LogP contribution is -2.13. The van der Waals surface area contributed by atoms with Crippen LogP contribution in [-0.2, 0) is 11.2 Å². The van der Waals surface area contributed by atoms with Crippen molar-refractivity contribution in [2.75, 3.05) is 5.32 Å². The fraction of sp³-hybridized carbons (Fsp3) is 0.0345. The molecule has 0 aliphatic heterocycles. The molecule has 0 saturated heterocycles. The van der Waals surface area contributed by atoms with Gasteiger partial charge in [-0.25, -0.2) is 9.67 Å². The Balaban J connectivity index is 1.40. The first kappa shape index (κ1) is 24.2. The van der Waals surface area contributed by atoms with E-state index in [-0.39, 0.29) is 5.57 Å². The molecule has 3 aromatic carbocycles. The summed E-state index contributed by atoms with van der Waals surface area (Å²) < 4.78 is 1.74. The van der Waals surface area contributed by atoms with Crippen molar-refractivity contribution in [1.29, 1.82) is 5.26 Å². The molecule has 2 aromatic heterocycles. The number of hydrogen-bond donors (Lipinski definition) is 1. The minimum absolute atomic E-state index is 0.0424. The Hall–Kier alpha value is -4.51. The number of aromatic nitrogens is 3. The van der Waals surface area contributed by atoms with Crippen LogP contribution in [0.25, 0.3) is 23.0 Å². The molecule has 0 unspecified atom stereocenters. The maximum Gasteiger partial charge on any atom is 0.268 e. The number of para-hydroxylation sites is 1. The molecule has 180 valence electrons. The van der Waals surface area contributed by atoms with Gasteiger partial charge in [0.05, 0.1) is 11.4 Å². The number of anilines is 1. The molecule has 2 heterocycles. The number of rotatable bonds is 7. The molecule has 0 bridgehead atoms. The zero-order valence-electron chi connectivity index (χ0n) is 19.5. The number of halogens is 1. The van der Waals surface area contributed by atoms with Gasteiger partial charge in [-0.2, -0.15) is 10.4 Å². The van der Waals surface area contributed by atoms with Crippen LogP contribution in [0.4, 0.5) is 5.13 Å². The Morgan fingerprint density at radius 1 is 1.03 bits per heavy atom. The third-order valence-electron chi connectivity index (χ3n) is 5.54. The monoisotopic (exact) mass is 521 g/mol. The van der Waals surface area contributed by atoms with Crippen molar-refractivity contribution in [3.8, 4) is 23.0 Å². The highest BCUT2D eigenvalue weighted by Crippen LogP contribution is 2.27. The summed E-state index contributed by atoms with van der Waals surface area (Å²) in [4.78, 5) is 18.3. The number of carbonyl (C=O) groups excluding carboxylic acids is 1. The lowest BCUT2D eigenvalue weighted by molar-refractivity contribution is -0.112. The third kappa shape index (κ3) is 5.84. The van der Waals surface area contributed by atoms with E-state index < -0.39 is 5.91 Å². The molecule has 1 amide bonds. The number of nitriles is 1. The highest BCUT2D eigenvalue weighted by molar-refractivity contribution is 7.15. The Kier molecular flexibility index (Phi) is 7.22. The summed E-state index contributed by atoms with van der Waals surface area (Å²) in [6.45, 7) is 0. The summed E-state index contributed by atoms with van der Waals surface area (Å²) in [6, 6.07) is 29.0. The van der Waals surface area contributed by atoms with Crippen LogP contribution in [0.1, 0.15) is 16.0 Å². The van der Waals surface area contributed by atoms with Crippen LogP contribution >= 0.6 is 22.9 Å². The van der Waals surface area contributed by atoms with Crippen LogP contribution in [0.2, 0.25) is 5.02 Å². The first-order chi connectivity index (χ1) is 18.1. The predicted octanol–water partition coefficient (Wildman–Crippen LogP) is 6.79. The lowest BCUT2D eigenvalue weighted by atomic mass is 10.1. The average Bonchev–Trinajstić information content (AvgIpc) is 3.56. The summed E-state index contributed by atoms with van der Waals surface area (Å²) >= 11 is 7.33. The van der Waals surface area contributed by atoms with Gasteiger partial charge >= 0.3 is 0 Å². The maximum absolute atomic E-state index is 13.0. The molecule has 0 saturated carbocycles. The molecule has 0 radical (unpaired) electrons. The van der Waals surface area contributed by atoms with Gasteiger partial charge in [-0.3, -0.25) is 10.1 Å². The van der Waals surface area contributed by atoms with Crippen LogP contribution in [0.5, 0.6) is 0 Å². The van der Waals surface area contributed by atoms with Crippen molar-refractivity contribution in [1.82, 2.24) is 14.8 Å². The molecule has 37 heavy (non-hydrogen) atoms. The quantitative estimate of drug-likeness (QED) is 0.189. The first-order valence-electron chi connectivity index (χ1n) is 11.4. The molecular weight excluding hydrogens is 502 g/mol. The van der Waals surface area contributed by atoms with Gasteiger partial charge in [0.15, 0.2) is 5.13 Å². The molecular formula is C29H20ClN5OS. The van der Waals surface area contributed by atoms with E-state index in [1.807, 2.05) is 97.2 Å². The van der Waals surface area contributed by atoms with Crippen molar-refractivity contribution in [2.45, 2.75) is 6.42 Å². The normalized spacial score (nSPS) is 11.2. The molecule has 1 N–H and O–H groups in total. The third-order valence-corrected chi connectivity index (χ3v) is 6.71. The maximum atomic E-state index is 13.0. The topological polar surface area (TPSA) is 83.6 Å². The van der Waals surface area contributed by atoms with Gasteiger partial charge in [0.2, 0.25) is 0 Å². The number of thiazole rings is 1. The highest BCUT2D eigenvalue weighted by atomic mass is 35.5. The van der Waals surface area contributed by atoms with Gasteiger partial charge in [0.25, 0.3) is 5.91 Å². The molecule has 0 spiro atoms. The lowest BCUT2D eigenvalue weighted by Gasteiger charge is -2.01. The number of nitrogens with zero attached hydrogens (tertiary/aromatic N) is 4. The zero-order chi connectivity index (χ0) is 25.6. The van der Waals surface area contributed by atoms with Crippen LogP contribution in [0.3, 0.4) is 0 Å². The Bertz CT molecular complexity index is 1600.